The van der Waals surface area contributed by atoms with Crippen LogP contribution < -0.4 is 0 Å². The standard InChI is InChI=1S/C8H21O2Si2/c1-9-12(5,10-2)8-6-7-11(3)4/h6-8H2,1-5H3. The highest BCUT2D eigenvalue weighted by atomic mass is 28.4. The molecule has 2 nitrogen and oxygen atoms in total. The highest BCUT2D eigenvalue weighted by Gasteiger charge is 2.27. The third-order valence-electron chi connectivity index (χ3n) is 2.17. The first kappa shape index (κ1) is 12.4. The van der Waals surface area contributed by atoms with Crippen molar-refractivity contribution in [2.45, 2.75) is 38.2 Å². The van der Waals surface area contributed by atoms with Crippen molar-refractivity contribution in [3.05, 3.63) is 0 Å². The van der Waals surface area contributed by atoms with Crippen molar-refractivity contribution in [3.8, 4) is 0 Å². The van der Waals surface area contributed by atoms with Crippen LogP contribution in [0.3, 0.4) is 0 Å². The zero-order valence-electron chi connectivity index (χ0n) is 8.94. The Kier molecular flexibility index (Phi) is 6.08. The van der Waals surface area contributed by atoms with Gasteiger partial charge in [-0.15, -0.1) is 0 Å². The molecule has 12 heavy (non-hydrogen) atoms. The van der Waals surface area contributed by atoms with Gasteiger partial charge in [-0.25, -0.2) is 0 Å². The summed E-state index contributed by atoms with van der Waals surface area (Å²) in [4.78, 5) is 0. The number of hydrogen-bond donors (Lipinski definition) is 0. The molecule has 0 spiro atoms. The Labute approximate surface area is 79.1 Å². The lowest BCUT2D eigenvalue weighted by atomic mass is 10.6. The zero-order chi connectivity index (χ0) is 9.61. The summed E-state index contributed by atoms with van der Waals surface area (Å²) in [7, 11) is 1.72. The summed E-state index contributed by atoms with van der Waals surface area (Å²) in [6.07, 6.45) is 1.27. The average molecular weight is 205 g/mol. The Bertz CT molecular complexity index is 114. The van der Waals surface area contributed by atoms with Gasteiger partial charge in [0.05, 0.1) is 0 Å². The van der Waals surface area contributed by atoms with Crippen molar-refractivity contribution >= 4 is 17.4 Å². The maximum absolute atomic E-state index is 5.40. The smallest absolute Gasteiger partial charge is 0.334 e. The van der Waals surface area contributed by atoms with E-state index in [0.29, 0.717) is 0 Å². The summed E-state index contributed by atoms with van der Waals surface area (Å²) in [5.74, 6) is 0. The van der Waals surface area contributed by atoms with E-state index in [0.717, 1.165) is 6.04 Å². The molecule has 0 aromatic rings. The van der Waals surface area contributed by atoms with E-state index in [1.165, 1.54) is 12.5 Å². The van der Waals surface area contributed by atoms with Crippen molar-refractivity contribution in [2.75, 3.05) is 14.2 Å². The summed E-state index contributed by atoms with van der Waals surface area (Å²) in [5.41, 5.74) is 0. The lowest BCUT2D eigenvalue weighted by Gasteiger charge is -2.22. The minimum atomic E-state index is -1.75. The first-order chi connectivity index (χ1) is 5.54. The van der Waals surface area contributed by atoms with E-state index in [1.807, 2.05) is 0 Å². The summed E-state index contributed by atoms with van der Waals surface area (Å²) in [6, 6.07) is 2.51. The molecule has 0 aliphatic carbocycles. The summed E-state index contributed by atoms with van der Waals surface area (Å²) in [5, 5.41) is 0. The summed E-state index contributed by atoms with van der Waals surface area (Å²) in [6.45, 7) is 6.83. The Hall–Kier alpha value is 0.354. The molecule has 0 aromatic heterocycles. The molecule has 0 amide bonds. The molecule has 0 atom stereocenters. The second kappa shape index (κ2) is 5.91. The lowest BCUT2D eigenvalue weighted by Crippen LogP contribution is -2.35. The highest BCUT2D eigenvalue weighted by Crippen LogP contribution is 2.16. The third-order valence-corrected chi connectivity index (χ3v) is 6.51. The van der Waals surface area contributed by atoms with Crippen LogP contribution in [0.5, 0.6) is 0 Å². The van der Waals surface area contributed by atoms with Gasteiger partial charge in [-0.2, -0.15) is 0 Å². The maximum atomic E-state index is 5.40. The Morgan fingerprint density at radius 1 is 1.17 bits per heavy atom. The molecule has 73 valence electrons. The SMILES string of the molecule is CO[Si](C)(CCC[Si](C)C)OC. The van der Waals surface area contributed by atoms with Gasteiger partial charge in [-0.3, -0.25) is 0 Å². The minimum absolute atomic E-state index is 0.0617. The molecule has 0 saturated heterocycles. The molecule has 0 aliphatic rings. The van der Waals surface area contributed by atoms with Crippen LogP contribution in [0.15, 0.2) is 0 Å². The van der Waals surface area contributed by atoms with Crippen LogP contribution in [-0.2, 0) is 8.85 Å². The molecule has 0 unspecified atom stereocenters. The topological polar surface area (TPSA) is 18.5 Å². The molecule has 0 saturated carbocycles. The first-order valence-electron chi connectivity index (χ1n) is 4.43. The van der Waals surface area contributed by atoms with Gasteiger partial charge in [0.15, 0.2) is 0 Å². The molecule has 0 rings (SSSR count). The first-order valence-corrected chi connectivity index (χ1v) is 9.66. The largest absolute Gasteiger partial charge is 0.398 e. The fraction of sp³-hybridized carbons (Fsp3) is 1.00. The second-order valence-electron chi connectivity index (χ2n) is 3.60. The molecule has 0 heterocycles. The Morgan fingerprint density at radius 3 is 2.00 bits per heavy atom. The van der Waals surface area contributed by atoms with Crippen LogP contribution in [0.4, 0.5) is 0 Å². The van der Waals surface area contributed by atoms with E-state index < -0.39 is 8.56 Å². The van der Waals surface area contributed by atoms with Crippen LogP contribution in [0.2, 0.25) is 31.7 Å². The van der Waals surface area contributed by atoms with Gasteiger partial charge in [-0.1, -0.05) is 25.6 Å². The Balaban J connectivity index is 3.58. The normalized spacial score (nSPS) is 12.5. The average Bonchev–Trinajstić information content (AvgIpc) is 2.03. The van der Waals surface area contributed by atoms with E-state index >= 15 is 0 Å². The molecule has 0 aromatic carbocycles. The van der Waals surface area contributed by atoms with E-state index in [4.69, 9.17) is 8.85 Å². The highest BCUT2D eigenvalue weighted by molar-refractivity contribution is 6.66. The van der Waals surface area contributed by atoms with Crippen LogP contribution in [-0.4, -0.2) is 31.6 Å². The van der Waals surface area contributed by atoms with Crippen molar-refractivity contribution < 1.29 is 8.85 Å². The van der Waals surface area contributed by atoms with E-state index in [-0.39, 0.29) is 8.80 Å². The molecule has 0 aliphatic heterocycles. The molecular formula is C8H21O2Si2. The fourth-order valence-corrected chi connectivity index (χ4v) is 3.68. The quantitative estimate of drug-likeness (QED) is 0.620. The van der Waals surface area contributed by atoms with Crippen molar-refractivity contribution in [1.29, 1.82) is 0 Å². The van der Waals surface area contributed by atoms with Gasteiger partial charge >= 0.3 is 8.56 Å². The minimum Gasteiger partial charge on any atom is -0.398 e. The van der Waals surface area contributed by atoms with Crippen LogP contribution in [0.25, 0.3) is 0 Å². The lowest BCUT2D eigenvalue weighted by molar-refractivity contribution is 0.249. The number of hydrogen-bond acceptors (Lipinski definition) is 2. The predicted molar refractivity (Wildman–Crippen MR) is 57.3 cm³/mol. The monoisotopic (exact) mass is 205 g/mol. The summed E-state index contributed by atoms with van der Waals surface area (Å²) >= 11 is 0. The predicted octanol–water partition coefficient (Wildman–Crippen LogP) is 2.50. The molecule has 1 radical (unpaired) electrons. The van der Waals surface area contributed by atoms with Gasteiger partial charge < -0.3 is 8.85 Å². The zero-order valence-corrected chi connectivity index (χ0v) is 10.9. The van der Waals surface area contributed by atoms with Crippen LogP contribution in [0.1, 0.15) is 6.42 Å². The van der Waals surface area contributed by atoms with Gasteiger partial charge in [0.1, 0.15) is 0 Å². The second-order valence-corrected chi connectivity index (χ2v) is 10.1. The molecular weight excluding hydrogens is 184 g/mol. The van der Waals surface area contributed by atoms with E-state index in [1.54, 1.807) is 14.2 Å². The van der Waals surface area contributed by atoms with Crippen molar-refractivity contribution in [2.24, 2.45) is 0 Å². The number of rotatable bonds is 6. The van der Waals surface area contributed by atoms with Gasteiger partial charge in [-0.05, 0) is 12.6 Å². The fourth-order valence-electron chi connectivity index (χ4n) is 1.05. The van der Waals surface area contributed by atoms with E-state index in [2.05, 4.69) is 19.6 Å². The molecule has 0 N–H and O–H groups in total. The van der Waals surface area contributed by atoms with Crippen LogP contribution >= 0.6 is 0 Å². The van der Waals surface area contributed by atoms with E-state index in [9.17, 15) is 0 Å². The Morgan fingerprint density at radius 2 is 1.67 bits per heavy atom. The van der Waals surface area contributed by atoms with Gasteiger partial charge in [0, 0.05) is 23.0 Å². The van der Waals surface area contributed by atoms with Crippen molar-refractivity contribution in [3.63, 3.8) is 0 Å². The summed E-state index contributed by atoms with van der Waals surface area (Å²) < 4.78 is 10.8. The van der Waals surface area contributed by atoms with Gasteiger partial charge in [0.25, 0.3) is 0 Å². The van der Waals surface area contributed by atoms with Gasteiger partial charge in [0.2, 0.25) is 0 Å². The molecule has 0 bridgehead atoms. The molecule has 0 fully saturated rings. The molecule has 4 heteroatoms. The van der Waals surface area contributed by atoms with Crippen LogP contribution in [0, 0.1) is 0 Å². The maximum Gasteiger partial charge on any atom is 0.334 e. The third kappa shape index (κ3) is 5.08. The van der Waals surface area contributed by atoms with Crippen molar-refractivity contribution in [1.82, 2.24) is 0 Å².